The van der Waals surface area contributed by atoms with Crippen LogP contribution in [0.3, 0.4) is 0 Å². The van der Waals surface area contributed by atoms with Crippen molar-refractivity contribution >= 4 is 6.09 Å². The Morgan fingerprint density at radius 1 is 1.43 bits per heavy atom. The molecule has 0 saturated carbocycles. The summed E-state index contributed by atoms with van der Waals surface area (Å²) in [5, 5.41) is 0. The number of carbonyl (C=O) groups is 1. The van der Waals surface area contributed by atoms with Crippen molar-refractivity contribution in [2.45, 2.75) is 51.7 Å². The van der Waals surface area contributed by atoms with Gasteiger partial charge >= 0.3 is 6.09 Å². The van der Waals surface area contributed by atoms with Crippen LogP contribution in [0.4, 0.5) is 4.79 Å². The lowest BCUT2D eigenvalue weighted by Crippen LogP contribution is -2.51. The van der Waals surface area contributed by atoms with Crippen molar-refractivity contribution in [2.75, 3.05) is 13.1 Å². The molecule has 4 nitrogen and oxygen atoms in total. The van der Waals surface area contributed by atoms with Crippen LogP contribution in [0.25, 0.3) is 0 Å². The number of nitrogens with zero attached hydrogens (tertiary/aromatic N) is 1. The molecule has 1 aliphatic heterocycles. The average Bonchev–Trinajstić information content (AvgIpc) is 2.81. The molecule has 1 amide bonds. The van der Waals surface area contributed by atoms with Gasteiger partial charge in [-0.15, -0.1) is 0 Å². The second-order valence-corrected chi connectivity index (χ2v) is 6.84. The van der Waals surface area contributed by atoms with Gasteiger partial charge in [-0.25, -0.2) is 4.79 Å². The van der Waals surface area contributed by atoms with E-state index in [0.717, 1.165) is 18.4 Å². The van der Waals surface area contributed by atoms with Crippen LogP contribution in [-0.2, 0) is 10.3 Å². The summed E-state index contributed by atoms with van der Waals surface area (Å²) in [5.74, 6) is 0. The van der Waals surface area contributed by atoms with E-state index in [-0.39, 0.29) is 6.09 Å². The smallest absolute Gasteiger partial charge is 0.411 e. The van der Waals surface area contributed by atoms with Crippen molar-refractivity contribution in [1.82, 2.24) is 4.90 Å². The number of ether oxygens (including phenoxy) is 1. The maximum atomic E-state index is 12.5. The summed E-state index contributed by atoms with van der Waals surface area (Å²) in [6.07, 6.45) is 1.56. The zero-order valence-electron chi connectivity index (χ0n) is 13.5. The number of nitrogens with two attached hydrogens (primary N) is 1. The van der Waals surface area contributed by atoms with Gasteiger partial charge in [-0.1, -0.05) is 29.8 Å². The predicted octanol–water partition coefficient (Wildman–Crippen LogP) is 3.18. The van der Waals surface area contributed by atoms with E-state index < -0.39 is 11.1 Å². The molecule has 0 spiro atoms. The van der Waals surface area contributed by atoms with Crippen molar-refractivity contribution in [3.05, 3.63) is 35.4 Å². The summed E-state index contributed by atoms with van der Waals surface area (Å²) >= 11 is 0. The first-order valence-corrected chi connectivity index (χ1v) is 7.56. The first kappa shape index (κ1) is 15.8. The Morgan fingerprint density at radius 3 is 2.71 bits per heavy atom. The van der Waals surface area contributed by atoms with Gasteiger partial charge in [-0.05, 0) is 46.1 Å². The second-order valence-electron chi connectivity index (χ2n) is 6.84. The zero-order chi connectivity index (χ0) is 15.7. The minimum absolute atomic E-state index is 0.271. The highest BCUT2D eigenvalue weighted by atomic mass is 16.6. The van der Waals surface area contributed by atoms with Crippen LogP contribution in [0, 0.1) is 6.92 Å². The fraction of sp³-hybridized carbons (Fsp3) is 0.588. The van der Waals surface area contributed by atoms with Gasteiger partial charge in [-0.3, -0.25) is 4.90 Å². The lowest BCUT2D eigenvalue weighted by atomic mass is 9.86. The van der Waals surface area contributed by atoms with Gasteiger partial charge in [-0.2, -0.15) is 0 Å². The normalized spacial score (nSPS) is 22.4. The topological polar surface area (TPSA) is 55.6 Å². The molecule has 2 N–H and O–H groups in total. The van der Waals surface area contributed by atoms with Gasteiger partial charge in [0.05, 0.1) is 5.54 Å². The van der Waals surface area contributed by atoms with Crippen molar-refractivity contribution in [1.29, 1.82) is 0 Å². The van der Waals surface area contributed by atoms with Crippen LogP contribution >= 0.6 is 0 Å². The van der Waals surface area contributed by atoms with Gasteiger partial charge in [0, 0.05) is 13.1 Å². The molecule has 0 aromatic heterocycles. The van der Waals surface area contributed by atoms with Gasteiger partial charge in [0.1, 0.15) is 5.60 Å². The SMILES string of the molecule is Cc1cccc(C2(CN)CCCN2C(=O)OC(C)(C)C)c1. The highest BCUT2D eigenvalue weighted by molar-refractivity contribution is 5.70. The summed E-state index contributed by atoms with van der Waals surface area (Å²) in [5.41, 5.74) is 7.45. The minimum atomic E-state index is -0.493. The minimum Gasteiger partial charge on any atom is -0.444 e. The fourth-order valence-electron chi connectivity index (χ4n) is 3.03. The molecule has 1 saturated heterocycles. The number of aryl methyl sites for hydroxylation is 1. The molecule has 1 heterocycles. The molecule has 0 aliphatic carbocycles. The Morgan fingerprint density at radius 2 is 2.14 bits per heavy atom. The van der Waals surface area contributed by atoms with E-state index in [4.69, 9.17) is 10.5 Å². The van der Waals surface area contributed by atoms with Gasteiger partial charge in [0.2, 0.25) is 0 Å². The summed E-state index contributed by atoms with van der Waals surface area (Å²) in [6, 6.07) is 8.26. The molecular weight excluding hydrogens is 264 g/mol. The largest absolute Gasteiger partial charge is 0.444 e. The van der Waals surface area contributed by atoms with Crippen LogP contribution in [0.15, 0.2) is 24.3 Å². The molecule has 1 fully saturated rings. The molecule has 1 aromatic rings. The molecule has 1 atom stereocenters. The molecular formula is C17H26N2O2. The quantitative estimate of drug-likeness (QED) is 0.910. The van der Waals surface area contributed by atoms with E-state index in [9.17, 15) is 4.79 Å². The van der Waals surface area contributed by atoms with Crippen molar-refractivity contribution in [2.24, 2.45) is 5.73 Å². The predicted molar refractivity (Wildman–Crippen MR) is 84.1 cm³/mol. The monoisotopic (exact) mass is 290 g/mol. The van der Waals surface area contributed by atoms with Crippen LogP contribution < -0.4 is 5.73 Å². The van der Waals surface area contributed by atoms with E-state index in [1.54, 1.807) is 0 Å². The van der Waals surface area contributed by atoms with Crippen LogP contribution in [0.5, 0.6) is 0 Å². The summed E-state index contributed by atoms with van der Waals surface area (Å²) < 4.78 is 5.56. The highest BCUT2D eigenvalue weighted by Gasteiger charge is 2.45. The van der Waals surface area contributed by atoms with Crippen LogP contribution in [0.2, 0.25) is 0 Å². The van der Waals surface area contributed by atoms with Gasteiger partial charge in [0.25, 0.3) is 0 Å². The number of carbonyl (C=O) groups excluding carboxylic acids is 1. The van der Waals surface area contributed by atoms with Crippen molar-refractivity contribution < 1.29 is 9.53 Å². The lowest BCUT2D eigenvalue weighted by Gasteiger charge is -2.39. The Balaban J connectivity index is 2.35. The van der Waals surface area contributed by atoms with Gasteiger partial charge in [0.15, 0.2) is 0 Å². The van der Waals surface area contributed by atoms with Gasteiger partial charge < -0.3 is 10.5 Å². The Bertz CT molecular complexity index is 522. The molecule has 21 heavy (non-hydrogen) atoms. The number of hydrogen-bond donors (Lipinski definition) is 1. The van der Waals surface area contributed by atoms with E-state index in [1.165, 1.54) is 5.56 Å². The lowest BCUT2D eigenvalue weighted by molar-refractivity contribution is 0.00823. The third-order valence-corrected chi connectivity index (χ3v) is 4.00. The van der Waals surface area contributed by atoms with Crippen molar-refractivity contribution in [3.8, 4) is 0 Å². The maximum Gasteiger partial charge on any atom is 0.411 e. The molecule has 0 bridgehead atoms. The summed E-state index contributed by atoms with van der Waals surface area (Å²) in [6.45, 7) is 8.82. The standard InChI is InChI=1S/C17H26N2O2/c1-13-7-5-8-14(11-13)17(12-18)9-6-10-19(17)15(20)21-16(2,3)4/h5,7-8,11H,6,9-10,12,18H2,1-4H3. The molecule has 2 rings (SSSR count). The van der Waals surface area contributed by atoms with Crippen LogP contribution in [0.1, 0.15) is 44.7 Å². The third-order valence-electron chi connectivity index (χ3n) is 4.00. The zero-order valence-corrected chi connectivity index (χ0v) is 13.5. The summed E-state index contributed by atoms with van der Waals surface area (Å²) in [7, 11) is 0. The average molecular weight is 290 g/mol. The van der Waals surface area contributed by atoms with Crippen LogP contribution in [-0.4, -0.2) is 29.7 Å². The van der Waals surface area contributed by atoms with E-state index in [0.29, 0.717) is 13.1 Å². The number of rotatable bonds is 2. The van der Waals surface area contributed by atoms with Crippen molar-refractivity contribution in [3.63, 3.8) is 0 Å². The fourth-order valence-corrected chi connectivity index (χ4v) is 3.03. The number of amides is 1. The highest BCUT2D eigenvalue weighted by Crippen LogP contribution is 2.39. The third kappa shape index (κ3) is 3.21. The van der Waals surface area contributed by atoms with E-state index in [2.05, 4.69) is 25.1 Å². The first-order valence-electron chi connectivity index (χ1n) is 7.56. The molecule has 1 aliphatic rings. The van der Waals surface area contributed by atoms with E-state index in [1.807, 2.05) is 31.7 Å². The maximum absolute atomic E-state index is 12.5. The Hall–Kier alpha value is -1.55. The summed E-state index contributed by atoms with van der Waals surface area (Å²) in [4.78, 5) is 14.4. The molecule has 0 radical (unpaired) electrons. The number of hydrogen-bond acceptors (Lipinski definition) is 3. The number of likely N-dealkylation sites (tertiary alicyclic amines) is 1. The molecule has 116 valence electrons. The molecule has 4 heteroatoms. The molecule has 1 unspecified atom stereocenters. The second kappa shape index (κ2) is 5.68. The number of benzene rings is 1. The Labute approximate surface area is 127 Å². The Kier molecular flexibility index (Phi) is 4.28. The first-order chi connectivity index (χ1) is 9.78. The van der Waals surface area contributed by atoms with E-state index >= 15 is 0 Å². The molecule has 1 aromatic carbocycles.